The summed E-state index contributed by atoms with van der Waals surface area (Å²) in [6, 6.07) is -0.754. The molecule has 0 rings (SSSR count). The lowest BCUT2D eigenvalue weighted by Crippen LogP contribution is -2.55. The Hall–Kier alpha value is -4.53. The van der Waals surface area contributed by atoms with E-state index in [1.165, 1.54) is 0 Å². The summed E-state index contributed by atoms with van der Waals surface area (Å²) in [6.07, 6.45) is 54.9. The minimum Gasteiger partial charge on any atom is -0.544 e. The molecule has 0 saturated heterocycles. The molecule has 0 spiro atoms. The van der Waals surface area contributed by atoms with E-state index in [4.69, 9.17) is 14.2 Å². The maximum atomic E-state index is 12.7. The molecule has 0 heterocycles. The summed E-state index contributed by atoms with van der Waals surface area (Å²) in [5.41, 5.74) is 0. The summed E-state index contributed by atoms with van der Waals surface area (Å²) in [7, 11) is 5.34. The zero-order valence-corrected chi connectivity index (χ0v) is 35.7. The molecule has 0 radical (unpaired) electrons. The number of allylic oxidation sites excluding steroid dienone is 22. The molecule has 0 aliphatic carbocycles. The van der Waals surface area contributed by atoms with Crippen LogP contribution in [0.4, 0.5) is 0 Å². The van der Waals surface area contributed by atoms with Crippen LogP contribution in [0.3, 0.4) is 0 Å². The summed E-state index contributed by atoms with van der Waals surface area (Å²) < 4.78 is 17.0. The van der Waals surface area contributed by atoms with E-state index in [9.17, 15) is 19.5 Å². The van der Waals surface area contributed by atoms with Gasteiger partial charge in [-0.25, -0.2) is 0 Å². The first-order valence-electron chi connectivity index (χ1n) is 20.8. The van der Waals surface area contributed by atoms with Gasteiger partial charge in [0.2, 0.25) is 0 Å². The fraction of sp³-hybridized carbons (Fsp3) is 0.490. The first-order chi connectivity index (χ1) is 27.6. The van der Waals surface area contributed by atoms with Crippen LogP contribution in [0.25, 0.3) is 0 Å². The molecule has 57 heavy (non-hydrogen) atoms. The van der Waals surface area contributed by atoms with Gasteiger partial charge in [-0.3, -0.25) is 9.59 Å². The van der Waals surface area contributed by atoms with Crippen LogP contribution in [0, 0.1) is 0 Å². The van der Waals surface area contributed by atoms with Crippen LogP contribution in [-0.4, -0.2) is 75.5 Å². The lowest BCUT2D eigenvalue weighted by molar-refractivity contribution is -0.889. The average molecular weight is 788 g/mol. The average Bonchev–Trinajstić information content (AvgIpc) is 3.17. The Kier molecular flexibility index (Phi) is 35.3. The van der Waals surface area contributed by atoms with Gasteiger partial charge in [0.25, 0.3) is 0 Å². The highest BCUT2D eigenvalue weighted by molar-refractivity contribution is 5.70. The second-order valence-electron chi connectivity index (χ2n) is 14.3. The molecule has 316 valence electrons. The topological polar surface area (TPSA) is 102 Å². The van der Waals surface area contributed by atoms with Gasteiger partial charge in [0.15, 0.2) is 6.10 Å². The molecule has 0 aromatic rings. The Balaban J connectivity index is 4.63. The number of aliphatic carboxylic acids is 1. The first-order valence-corrected chi connectivity index (χ1v) is 20.8. The number of carbonyl (C=O) groups is 3. The first kappa shape index (κ1) is 52.5. The van der Waals surface area contributed by atoms with Crippen molar-refractivity contribution in [3.63, 3.8) is 0 Å². The van der Waals surface area contributed by atoms with Crippen LogP contribution in [-0.2, 0) is 28.6 Å². The predicted molar refractivity (Wildman–Crippen MR) is 235 cm³/mol. The molecule has 0 aliphatic rings. The second-order valence-corrected chi connectivity index (χ2v) is 14.3. The lowest BCUT2D eigenvalue weighted by atomic mass is 10.1. The summed E-state index contributed by atoms with van der Waals surface area (Å²) in [6.45, 7) is 4.23. The molecule has 0 aromatic carbocycles. The van der Waals surface area contributed by atoms with Crippen molar-refractivity contribution in [2.24, 2.45) is 0 Å². The lowest BCUT2D eigenvalue weighted by Gasteiger charge is -2.34. The number of rotatable bonds is 34. The fourth-order valence-corrected chi connectivity index (χ4v) is 5.03. The molecule has 2 unspecified atom stereocenters. The number of carboxylic acids is 1. The highest BCUT2D eigenvalue weighted by atomic mass is 16.6. The van der Waals surface area contributed by atoms with Crippen molar-refractivity contribution in [3.05, 3.63) is 134 Å². The third-order valence-electron chi connectivity index (χ3n) is 8.21. The number of ether oxygens (including phenoxy) is 3. The SMILES string of the molecule is CC/C=C/C=C/C=C/C=C/C=C/C=C/CCCCCC(=O)OC(COCCC(C(=O)[O-])[N+](C)(C)C)COC(=O)CC/C=C/C/C=C/C/C=C/C/C=C/C/C=C/CC. The van der Waals surface area contributed by atoms with E-state index in [2.05, 4.69) is 74.6 Å². The third-order valence-corrected chi connectivity index (χ3v) is 8.21. The molecular formula is C49H73NO7. The molecular weight excluding hydrogens is 715 g/mol. The van der Waals surface area contributed by atoms with Gasteiger partial charge < -0.3 is 28.6 Å². The maximum Gasteiger partial charge on any atom is 0.306 e. The standard InChI is InChI=1S/C49H73NO7/c1-6-8-10-12-14-16-18-20-22-24-26-28-30-32-34-36-38-40-48(52)57-45(43-55-42-41-46(49(53)54)50(3,4)5)44-56-47(51)39-37-35-33-31-29-27-25-23-21-19-17-15-13-11-9-7-2/h8-12,14-18,20-24,26-30,33,35,45-46H,6-7,13,19,25,31-32,34,36-44H2,1-5H3/b10-8+,11-9+,14-12+,17-15+,18-16+,22-20+,23-21+,26-24+,29-27+,30-28+,35-33+. The second kappa shape index (κ2) is 38.3. The van der Waals surface area contributed by atoms with Crippen LogP contribution >= 0.6 is 0 Å². The van der Waals surface area contributed by atoms with E-state index in [0.717, 1.165) is 57.8 Å². The van der Waals surface area contributed by atoms with Gasteiger partial charge in [-0.2, -0.15) is 0 Å². The highest BCUT2D eigenvalue weighted by Gasteiger charge is 2.25. The van der Waals surface area contributed by atoms with Crippen LogP contribution in [0.2, 0.25) is 0 Å². The molecule has 0 N–H and O–H groups in total. The monoisotopic (exact) mass is 788 g/mol. The smallest absolute Gasteiger partial charge is 0.306 e. The quantitative estimate of drug-likeness (QED) is 0.0210. The van der Waals surface area contributed by atoms with Gasteiger partial charge in [-0.05, 0) is 64.2 Å². The van der Waals surface area contributed by atoms with E-state index >= 15 is 0 Å². The van der Waals surface area contributed by atoms with Crippen molar-refractivity contribution in [2.45, 2.75) is 116 Å². The molecule has 0 aromatic heterocycles. The largest absolute Gasteiger partial charge is 0.544 e. The van der Waals surface area contributed by atoms with E-state index in [1.807, 2.05) is 72.9 Å². The predicted octanol–water partition coefficient (Wildman–Crippen LogP) is 9.90. The normalized spacial score (nSPS) is 14.3. The van der Waals surface area contributed by atoms with Gasteiger partial charge in [0.1, 0.15) is 12.6 Å². The van der Waals surface area contributed by atoms with Crippen molar-refractivity contribution in [1.29, 1.82) is 0 Å². The maximum absolute atomic E-state index is 12.7. The number of hydrogen-bond acceptors (Lipinski definition) is 7. The number of carboxylic acid groups (broad SMARTS) is 1. The van der Waals surface area contributed by atoms with Gasteiger partial charge in [0, 0.05) is 19.3 Å². The van der Waals surface area contributed by atoms with Crippen LogP contribution in [0.15, 0.2) is 134 Å². The molecule has 0 amide bonds. The molecule has 0 bridgehead atoms. The number of hydrogen-bond donors (Lipinski definition) is 0. The number of unbranched alkanes of at least 4 members (excludes halogenated alkanes) is 3. The minimum atomic E-state index is -1.15. The Labute approximate surface area is 345 Å². The molecule has 8 heteroatoms. The third kappa shape index (κ3) is 36.8. The summed E-state index contributed by atoms with van der Waals surface area (Å²) in [5, 5.41) is 11.6. The van der Waals surface area contributed by atoms with E-state index in [-0.39, 0.29) is 49.5 Å². The highest BCUT2D eigenvalue weighted by Crippen LogP contribution is 2.10. The Morgan fingerprint density at radius 3 is 1.58 bits per heavy atom. The number of carbonyl (C=O) groups excluding carboxylic acids is 3. The van der Waals surface area contributed by atoms with E-state index in [1.54, 1.807) is 21.1 Å². The molecule has 0 saturated carbocycles. The van der Waals surface area contributed by atoms with Crippen molar-refractivity contribution in [3.8, 4) is 0 Å². The zero-order valence-electron chi connectivity index (χ0n) is 35.7. The van der Waals surface area contributed by atoms with Gasteiger partial charge >= 0.3 is 11.9 Å². The minimum absolute atomic E-state index is 0.0117. The van der Waals surface area contributed by atoms with Crippen LogP contribution in [0.5, 0.6) is 0 Å². The fourth-order valence-electron chi connectivity index (χ4n) is 5.03. The molecule has 0 fully saturated rings. The Bertz CT molecular complexity index is 1380. The van der Waals surface area contributed by atoms with Gasteiger partial charge in [0.05, 0.1) is 40.3 Å². The van der Waals surface area contributed by atoms with Gasteiger partial charge in [-0.15, -0.1) is 0 Å². The number of quaternary nitrogens is 1. The zero-order chi connectivity index (χ0) is 42.1. The van der Waals surface area contributed by atoms with Crippen molar-refractivity contribution >= 4 is 17.9 Å². The van der Waals surface area contributed by atoms with Gasteiger partial charge in [-0.1, -0.05) is 154 Å². The van der Waals surface area contributed by atoms with Crippen molar-refractivity contribution in [1.82, 2.24) is 0 Å². The van der Waals surface area contributed by atoms with E-state index in [0.29, 0.717) is 12.8 Å². The number of esters is 2. The summed E-state index contributed by atoms with van der Waals surface area (Å²) in [5.74, 6) is -1.93. The number of nitrogens with zero attached hydrogens (tertiary/aromatic N) is 1. The Morgan fingerprint density at radius 1 is 0.544 bits per heavy atom. The van der Waals surface area contributed by atoms with E-state index < -0.39 is 24.1 Å². The summed E-state index contributed by atoms with van der Waals surface area (Å²) in [4.78, 5) is 36.8. The van der Waals surface area contributed by atoms with Crippen LogP contribution in [0.1, 0.15) is 104 Å². The number of likely N-dealkylation sites (N-methyl/N-ethyl adjacent to an activating group) is 1. The van der Waals surface area contributed by atoms with Crippen LogP contribution < -0.4 is 5.11 Å². The Morgan fingerprint density at radius 2 is 1.05 bits per heavy atom. The molecule has 8 nitrogen and oxygen atoms in total. The summed E-state index contributed by atoms with van der Waals surface area (Å²) >= 11 is 0. The van der Waals surface area contributed by atoms with Crippen molar-refractivity contribution in [2.75, 3.05) is 41.0 Å². The van der Waals surface area contributed by atoms with Crippen molar-refractivity contribution < 1.29 is 38.2 Å². The molecule has 2 atom stereocenters. The molecule has 0 aliphatic heterocycles.